The normalized spacial score (nSPS) is 19.7. The molecule has 0 fully saturated rings. The molecule has 2 aromatic rings. The summed E-state index contributed by atoms with van der Waals surface area (Å²) >= 11 is 7.18. The minimum Gasteiger partial charge on any atom is -0.377 e. The molecule has 3 heteroatoms. The molecule has 0 spiro atoms. The van der Waals surface area contributed by atoms with Gasteiger partial charge in [-0.3, -0.25) is 0 Å². The number of hydrogen-bond acceptors (Lipinski definition) is 1. The average Bonchev–Trinajstić information content (AvgIpc) is 2.65. The van der Waals surface area contributed by atoms with Crippen molar-refractivity contribution < 1.29 is 0 Å². The first-order chi connectivity index (χ1) is 9.47. The maximum absolute atomic E-state index is 3.72. The van der Waals surface area contributed by atoms with Crippen LogP contribution in [0.2, 0.25) is 0 Å². The van der Waals surface area contributed by atoms with Crippen molar-refractivity contribution in [3.8, 4) is 0 Å². The van der Waals surface area contributed by atoms with Gasteiger partial charge in [-0.05, 0) is 57.1 Å². The van der Waals surface area contributed by atoms with Gasteiger partial charge in [-0.15, -0.1) is 0 Å². The van der Waals surface area contributed by atoms with Crippen LogP contribution in [0.25, 0.3) is 0 Å². The van der Waals surface area contributed by atoms with Crippen LogP contribution in [0, 0.1) is 5.41 Å². The van der Waals surface area contributed by atoms with Gasteiger partial charge in [0.15, 0.2) is 0 Å². The van der Waals surface area contributed by atoms with E-state index in [2.05, 4.69) is 87.4 Å². The summed E-state index contributed by atoms with van der Waals surface area (Å²) in [7, 11) is 0. The summed E-state index contributed by atoms with van der Waals surface area (Å²) in [5.41, 5.74) is 4.23. The highest BCUT2D eigenvalue weighted by atomic mass is 79.9. The third-order valence-corrected chi connectivity index (χ3v) is 5.21. The van der Waals surface area contributed by atoms with Gasteiger partial charge < -0.3 is 5.32 Å². The molecule has 1 unspecified atom stereocenters. The van der Waals surface area contributed by atoms with Gasteiger partial charge in [0.2, 0.25) is 0 Å². The molecule has 0 aromatic heterocycles. The molecule has 2 aromatic carbocycles. The van der Waals surface area contributed by atoms with E-state index in [1.165, 1.54) is 11.1 Å². The summed E-state index contributed by atoms with van der Waals surface area (Å²) < 4.78 is 2.19. The SMILES string of the molecule is CC1(C)Cc2ccccc2C1Nc1cc(Br)ccc1Br. The lowest BCUT2D eigenvalue weighted by Crippen LogP contribution is -2.24. The molecule has 0 bridgehead atoms. The fourth-order valence-corrected chi connectivity index (χ4v) is 3.75. The minimum absolute atomic E-state index is 0.214. The number of benzene rings is 2. The van der Waals surface area contributed by atoms with Crippen molar-refractivity contribution >= 4 is 37.5 Å². The Morgan fingerprint density at radius 3 is 2.65 bits per heavy atom. The van der Waals surface area contributed by atoms with Crippen molar-refractivity contribution in [1.82, 2.24) is 0 Å². The third kappa shape index (κ3) is 2.53. The summed E-state index contributed by atoms with van der Waals surface area (Å²) in [4.78, 5) is 0. The van der Waals surface area contributed by atoms with Crippen LogP contribution in [0.4, 0.5) is 5.69 Å². The first-order valence-electron chi connectivity index (χ1n) is 6.77. The van der Waals surface area contributed by atoms with Gasteiger partial charge in [0.25, 0.3) is 0 Å². The van der Waals surface area contributed by atoms with Gasteiger partial charge in [-0.25, -0.2) is 0 Å². The van der Waals surface area contributed by atoms with Gasteiger partial charge in [0.1, 0.15) is 0 Å². The lowest BCUT2D eigenvalue weighted by Gasteiger charge is -2.30. The van der Waals surface area contributed by atoms with Crippen molar-refractivity contribution in [3.05, 3.63) is 62.5 Å². The molecule has 104 valence electrons. The topological polar surface area (TPSA) is 12.0 Å². The van der Waals surface area contributed by atoms with Crippen LogP contribution in [-0.2, 0) is 6.42 Å². The van der Waals surface area contributed by atoms with Crippen LogP contribution in [-0.4, -0.2) is 0 Å². The van der Waals surface area contributed by atoms with E-state index in [0.29, 0.717) is 6.04 Å². The van der Waals surface area contributed by atoms with E-state index in [4.69, 9.17) is 0 Å². The molecule has 1 atom stereocenters. The molecule has 0 heterocycles. The van der Waals surface area contributed by atoms with Gasteiger partial charge in [-0.2, -0.15) is 0 Å². The Morgan fingerprint density at radius 1 is 1.10 bits per heavy atom. The maximum atomic E-state index is 3.72. The number of nitrogens with one attached hydrogen (secondary N) is 1. The zero-order valence-corrected chi connectivity index (χ0v) is 14.8. The van der Waals surface area contributed by atoms with Crippen LogP contribution in [0.15, 0.2) is 51.4 Å². The summed E-state index contributed by atoms with van der Waals surface area (Å²) in [6.45, 7) is 4.66. The fraction of sp³-hybridized carbons (Fsp3) is 0.294. The number of hydrogen-bond donors (Lipinski definition) is 1. The van der Waals surface area contributed by atoms with Gasteiger partial charge in [0, 0.05) is 8.95 Å². The van der Waals surface area contributed by atoms with E-state index in [1.54, 1.807) is 0 Å². The van der Waals surface area contributed by atoms with Crippen LogP contribution in [0.3, 0.4) is 0 Å². The Labute approximate surface area is 137 Å². The molecule has 1 aliphatic carbocycles. The smallest absolute Gasteiger partial charge is 0.0571 e. The van der Waals surface area contributed by atoms with E-state index < -0.39 is 0 Å². The Hall–Kier alpha value is -0.800. The molecular formula is C17H17Br2N. The highest BCUT2D eigenvalue weighted by molar-refractivity contribution is 9.11. The third-order valence-electron chi connectivity index (χ3n) is 4.02. The lowest BCUT2D eigenvalue weighted by molar-refractivity contribution is 0.337. The number of anilines is 1. The second-order valence-corrected chi connectivity index (χ2v) is 7.84. The lowest BCUT2D eigenvalue weighted by atomic mass is 9.85. The standard InChI is InChI=1S/C17H17Br2N/c1-17(2)10-11-5-3-4-6-13(11)16(17)20-15-9-12(18)7-8-14(15)19/h3-9,16,20H,10H2,1-2H3. The van der Waals surface area contributed by atoms with Crippen molar-refractivity contribution in [2.75, 3.05) is 5.32 Å². The molecule has 20 heavy (non-hydrogen) atoms. The largest absolute Gasteiger partial charge is 0.377 e. The first-order valence-corrected chi connectivity index (χ1v) is 8.35. The summed E-state index contributed by atoms with van der Waals surface area (Å²) in [5.74, 6) is 0. The zero-order valence-electron chi connectivity index (χ0n) is 11.6. The number of rotatable bonds is 2. The summed E-state index contributed by atoms with van der Waals surface area (Å²) in [5, 5.41) is 3.72. The second kappa shape index (κ2) is 5.19. The Balaban J connectivity index is 1.99. The Morgan fingerprint density at radius 2 is 1.85 bits per heavy atom. The van der Waals surface area contributed by atoms with Crippen LogP contribution in [0.5, 0.6) is 0 Å². The molecule has 0 amide bonds. The van der Waals surface area contributed by atoms with Crippen LogP contribution in [0.1, 0.15) is 31.0 Å². The van der Waals surface area contributed by atoms with E-state index in [0.717, 1.165) is 21.1 Å². The molecule has 3 rings (SSSR count). The summed E-state index contributed by atoms with van der Waals surface area (Å²) in [6, 6.07) is 15.3. The van der Waals surface area contributed by atoms with Gasteiger partial charge in [-0.1, -0.05) is 54.0 Å². The Kier molecular flexibility index (Phi) is 3.67. The average molecular weight is 395 g/mol. The van der Waals surface area contributed by atoms with Crippen molar-refractivity contribution in [3.63, 3.8) is 0 Å². The number of fused-ring (bicyclic) bond motifs is 1. The van der Waals surface area contributed by atoms with E-state index in [-0.39, 0.29) is 5.41 Å². The number of halogens is 2. The second-order valence-electron chi connectivity index (χ2n) is 6.07. The van der Waals surface area contributed by atoms with Gasteiger partial charge in [0.05, 0.1) is 11.7 Å². The highest BCUT2D eigenvalue weighted by Crippen LogP contribution is 2.47. The van der Waals surface area contributed by atoms with Crippen molar-refractivity contribution in [2.24, 2.45) is 5.41 Å². The molecule has 0 radical (unpaired) electrons. The molecular weight excluding hydrogens is 378 g/mol. The quantitative estimate of drug-likeness (QED) is 0.663. The first kappa shape index (κ1) is 14.2. The monoisotopic (exact) mass is 393 g/mol. The van der Waals surface area contributed by atoms with Crippen LogP contribution >= 0.6 is 31.9 Å². The van der Waals surface area contributed by atoms with Crippen molar-refractivity contribution in [2.45, 2.75) is 26.3 Å². The van der Waals surface area contributed by atoms with Gasteiger partial charge >= 0.3 is 0 Å². The van der Waals surface area contributed by atoms with Crippen LogP contribution < -0.4 is 5.32 Å². The zero-order chi connectivity index (χ0) is 14.3. The molecule has 0 saturated heterocycles. The molecule has 0 aliphatic heterocycles. The molecule has 1 N–H and O–H groups in total. The maximum Gasteiger partial charge on any atom is 0.0571 e. The summed E-state index contributed by atoms with van der Waals surface area (Å²) in [6.07, 6.45) is 1.12. The fourth-order valence-electron chi connectivity index (χ4n) is 3.03. The Bertz CT molecular complexity index is 649. The van der Waals surface area contributed by atoms with E-state index >= 15 is 0 Å². The molecule has 0 saturated carbocycles. The van der Waals surface area contributed by atoms with E-state index in [1.807, 2.05) is 6.07 Å². The van der Waals surface area contributed by atoms with E-state index in [9.17, 15) is 0 Å². The minimum atomic E-state index is 0.214. The predicted molar refractivity (Wildman–Crippen MR) is 92.1 cm³/mol. The highest BCUT2D eigenvalue weighted by Gasteiger charge is 2.38. The molecule has 1 aliphatic rings. The van der Waals surface area contributed by atoms with Crippen molar-refractivity contribution in [1.29, 1.82) is 0 Å². The predicted octanol–water partition coefficient (Wildman–Crippen LogP) is 5.95. The molecule has 1 nitrogen and oxygen atoms in total.